The van der Waals surface area contributed by atoms with Crippen LogP contribution >= 0.6 is 11.6 Å². The molecule has 8 heteroatoms. The summed E-state index contributed by atoms with van der Waals surface area (Å²) in [6.07, 6.45) is 1.69. The Hall–Kier alpha value is -3.16. The lowest BCUT2D eigenvalue weighted by molar-refractivity contribution is 0.242. The van der Waals surface area contributed by atoms with Crippen molar-refractivity contribution in [3.8, 4) is 5.69 Å². The number of benzene rings is 2. The summed E-state index contributed by atoms with van der Waals surface area (Å²) in [6.45, 7) is 4.07. The number of halogens is 1. The number of nitrogens with zero attached hydrogens (tertiary/aromatic N) is 6. The maximum Gasteiger partial charge on any atom is 0.292 e. The van der Waals surface area contributed by atoms with Gasteiger partial charge in [-0.15, -0.1) is 0 Å². The molecule has 3 heterocycles. The number of piperazine rings is 1. The Morgan fingerprint density at radius 1 is 0.968 bits per heavy atom. The molecule has 2 aromatic carbocycles. The monoisotopic (exact) mass is 434 g/mol. The van der Waals surface area contributed by atoms with E-state index < -0.39 is 0 Å². The lowest BCUT2D eigenvalue weighted by atomic mass is 10.2. The summed E-state index contributed by atoms with van der Waals surface area (Å²) >= 11 is 6.47. The minimum atomic E-state index is -0.299. The van der Waals surface area contributed by atoms with E-state index >= 15 is 0 Å². The molecule has 0 unspecified atom stereocenters. The van der Waals surface area contributed by atoms with Crippen molar-refractivity contribution in [2.75, 3.05) is 31.1 Å². The third-order valence-corrected chi connectivity index (χ3v) is 6.21. The van der Waals surface area contributed by atoms with Gasteiger partial charge in [0.25, 0.3) is 5.56 Å². The molecular weight excluding hydrogens is 412 g/mol. The molecule has 4 aromatic rings. The van der Waals surface area contributed by atoms with Crippen LogP contribution < -0.4 is 10.5 Å². The fourth-order valence-corrected chi connectivity index (χ4v) is 4.33. The maximum absolute atomic E-state index is 12.8. The molecule has 7 nitrogen and oxygen atoms in total. The van der Waals surface area contributed by atoms with E-state index in [1.165, 1.54) is 4.68 Å². The topological polar surface area (TPSA) is 59.2 Å². The molecule has 0 saturated carbocycles. The van der Waals surface area contributed by atoms with Gasteiger partial charge in [-0.05, 0) is 24.3 Å². The lowest BCUT2D eigenvalue weighted by Crippen LogP contribution is -2.46. The van der Waals surface area contributed by atoms with Gasteiger partial charge in [-0.1, -0.05) is 41.9 Å². The van der Waals surface area contributed by atoms with Gasteiger partial charge in [0.1, 0.15) is 10.8 Å². The molecule has 0 aliphatic carbocycles. The summed E-state index contributed by atoms with van der Waals surface area (Å²) in [4.78, 5) is 22.1. The highest BCUT2D eigenvalue weighted by Gasteiger charge is 2.22. The van der Waals surface area contributed by atoms with Gasteiger partial charge < -0.3 is 9.47 Å². The molecule has 0 atom stereocenters. The van der Waals surface area contributed by atoms with Crippen molar-refractivity contribution >= 4 is 28.3 Å². The van der Waals surface area contributed by atoms with E-state index in [0.29, 0.717) is 11.4 Å². The molecule has 0 amide bonds. The SMILES string of the molecule is Cn1c(CN2CCN(c3cnn(-c4ccccc4)c(=O)c3Cl)CC2)nc2ccccc21. The maximum atomic E-state index is 12.8. The third kappa shape index (κ3) is 3.71. The molecule has 158 valence electrons. The number of hydrogen-bond donors (Lipinski definition) is 0. The van der Waals surface area contributed by atoms with Crippen LogP contribution in [0.3, 0.4) is 0 Å². The summed E-state index contributed by atoms with van der Waals surface area (Å²) in [7, 11) is 2.06. The van der Waals surface area contributed by atoms with Crippen molar-refractivity contribution in [3.63, 3.8) is 0 Å². The van der Waals surface area contributed by atoms with Crippen molar-refractivity contribution < 1.29 is 0 Å². The smallest absolute Gasteiger partial charge is 0.292 e. The molecule has 1 saturated heterocycles. The molecule has 2 aromatic heterocycles. The zero-order chi connectivity index (χ0) is 21.4. The predicted molar refractivity (Wildman–Crippen MR) is 123 cm³/mol. The number of hydrogen-bond acceptors (Lipinski definition) is 5. The molecule has 1 aliphatic rings. The highest BCUT2D eigenvalue weighted by Crippen LogP contribution is 2.24. The van der Waals surface area contributed by atoms with Crippen molar-refractivity contribution in [2.45, 2.75) is 6.54 Å². The van der Waals surface area contributed by atoms with E-state index in [0.717, 1.165) is 49.6 Å². The first-order valence-corrected chi connectivity index (χ1v) is 10.7. The number of imidazole rings is 1. The van der Waals surface area contributed by atoms with Gasteiger partial charge in [0.05, 0.1) is 35.1 Å². The Bertz CT molecular complexity index is 1270. The van der Waals surface area contributed by atoms with Crippen LogP contribution in [-0.2, 0) is 13.6 Å². The Kier molecular flexibility index (Phi) is 5.21. The van der Waals surface area contributed by atoms with E-state index in [1.807, 2.05) is 48.5 Å². The van der Waals surface area contributed by atoms with E-state index in [4.69, 9.17) is 16.6 Å². The predicted octanol–water partition coefficient (Wildman–Crippen LogP) is 3.09. The minimum Gasteiger partial charge on any atom is -0.366 e. The summed E-state index contributed by atoms with van der Waals surface area (Å²) < 4.78 is 3.50. The van der Waals surface area contributed by atoms with Gasteiger partial charge in [-0.25, -0.2) is 4.98 Å². The zero-order valence-corrected chi connectivity index (χ0v) is 18.0. The van der Waals surface area contributed by atoms with Crippen molar-refractivity contribution in [3.05, 3.63) is 82.0 Å². The van der Waals surface area contributed by atoms with Crippen molar-refractivity contribution in [2.24, 2.45) is 7.05 Å². The van der Waals surface area contributed by atoms with Gasteiger partial charge in [0.2, 0.25) is 0 Å². The first-order valence-electron chi connectivity index (χ1n) is 10.3. The summed E-state index contributed by atoms with van der Waals surface area (Å²) in [5.41, 5.74) is 3.27. The molecular formula is C23H23ClN6O. The Morgan fingerprint density at radius 2 is 1.68 bits per heavy atom. The van der Waals surface area contributed by atoms with Crippen molar-refractivity contribution in [1.29, 1.82) is 0 Å². The third-order valence-electron chi connectivity index (χ3n) is 5.86. The fraction of sp³-hybridized carbons (Fsp3) is 0.261. The van der Waals surface area contributed by atoms with E-state index in [1.54, 1.807) is 6.20 Å². The molecule has 0 radical (unpaired) electrons. The first-order chi connectivity index (χ1) is 15.1. The van der Waals surface area contributed by atoms with Crippen molar-refractivity contribution in [1.82, 2.24) is 24.2 Å². The average Bonchev–Trinajstić information content (AvgIpc) is 3.12. The molecule has 1 fully saturated rings. The number of anilines is 1. The highest BCUT2D eigenvalue weighted by molar-refractivity contribution is 6.33. The lowest BCUT2D eigenvalue weighted by Gasteiger charge is -2.36. The van der Waals surface area contributed by atoms with Crippen LogP contribution in [0.1, 0.15) is 5.82 Å². The molecule has 1 aliphatic heterocycles. The normalized spacial score (nSPS) is 15.0. The van der Waals surface area contributed by atoms with Gasteiger partial charge in [-0.2, -0.15) is 9.78 Å². The van der Waals surface area contributed by atoms with Crippen LogP contribution in [-0.4, -0.2) is 50.4 Å². The molecule has 31 heavy (non-hydrogen) atoms. The van der Waals surface area contributed by atoms with Gasteiger partial charge in [0.15, 0.2) is 0 Å². The molecule has 0 spiro atoms. The van der Waals surface area contributed by atoms with Crippen LogP contribution in [0.4, 0.5) is 5.69 Å². The van der Waals surface area contributed by atoms with Gasteiger partial charge in [-0.3, -0.25) is 9.69 Å². The second-order valence-electron chi connectivity index (χ2n) is 7.74. The Morgan fingerprint density at radius 3 is 2.42 bits per heavy atom. The van der Waals surface area contributed by atoms with Gasteiger partial charge in [0, 0.05) is 33.2 Å². The first kappa shape index (κ1) is 19.8. The van der Waals surface area contributed by atoms with Crippen LogP contribution in [0.2, 0.25) is 5.02 Å². The number of fused-ring (bicyclic) bond motifs is 1. The summed E-state index contributed by atoms with van der Waals surface area (Å²) in [6, 6.07) is 17.5. The van der Waals surface area contributed by atoms with Crippen LogP contribution in [0.25, 0.3) is 16.7 Å². The Balaban J connectivity index is 1.30. The largest absolute Gasteiger partial charge is 0.366 e. The number of rotatable bonds is 4. The second kappa shape index (κ2) is 8.17. The van der Waals surface area contributed by atoms with Crippen LogP contribution in [0, 0.1) is 0 Å². The van der Waals surface area contributed by atoms with E-state index in [-0.39, 0.29) is 10.6 Å². The molecule has 0 N–H and O–H groups in total. The summed E-state index contributed by atoms with van der Waals surface area (Å²) in [5.74, 6) is 1.06. The zero-order valence-electron chi connectivity index (χ0n) is 17.3. The molecule has 5 rings (SSSR count). The Labute approximate surface area is 185 Å². The minimum absolute atomic E-state index is 0.211. The average molecular weight is 435 g/mol. The van der Waals surface area contributed by atoms with E-state index in [2.05, 4.69) is 32.6 Å². The van der Waals surface area contributed by atoms with Crippen LogP contribution in [0.15, 0.2) is 65.6 Å². The number of para-hydroxylation sites is 3. The highest BCUT2D eigenvalue weighted by atomic mass is 35.5. The van der Waals surface area contributed by atoms with Crippen LogP contribution in [0.5, 0.6) is 0 Å². The van der Waals surface area contributed by atoms with E-state index in [9.17, 15) is 4.79 Å². The second-order valence-corrected chi connectivity index (χ2v) is 8.11. The fourth-order valence-electron chi connectivity index (χ4n) is 4.08. The number of aromatic nitrogens is 4. The quantitative estimate of drug-likeness (QED) is 0.494. The summed E-state index contributed by atoms with van der Waals surface area (Å²) in [5, 5.41) is 4.57. The number of aryl methyl sites for hydroxylation is 1. The standard InChI is InChI=1S/C23H23ClN6O/c1-27-19-10-6-5-9-18(19)26-21(27)16-28-11-13-29(14-12-28)20-15-25-30(23(31)22(20)24)17-7-3-2-4-8-17/h2-10,15H,11-14,16H2,1H3. The molecule has 0 bridgehead atoms. The van der Waals surface area contributed by atoms with Gasteiger partial charge >= 0.3 is 0 Å².